The molecule has 1 unspecified atom stereocenters. The lowest BCUT2D eigenvalue weighted by Gasteiger charge is -2.15. The first-order valence-corrected chi connectivity index (χ1v) is 10.6. The van der Waals surface area contributed by atoms with Gasteiger partial charge in [-0.2, -0.15) is 0 Å². The molecular formula is C20H25ClN4OS. The van der Waals surface area contributed by atoms with Crippen molar-refractivity contribution >= 4 is 29.3 Å². The number of carbonyl (C=O) groups is 1. The number of nitrogens with one attached hydrogen (secondary N) is 1. The summed E-state index contributed by atoms with van der Waals surface area (Å²) in [6, 6.07) is 7.54. The van der Waals surface area contributed by atoms with E-state index in [0.29, 0.717) is 22.5 Å². The standard InChI is InChI=1S/C20H25ClN4OS/c1-14(19(26)22-13-12-15-8-4-3-5-9-15)27-20-24-23-18(25(20)2)16-10-6-7-11-17(16)21/h6-8,10-11,14H,3-5,9,12-13H2,1-2H3,(H,22,26). The molecule has 0 saturated carbocycles. The predicted octanol–water partition coefficient (Wildman–Crippen LogP) is 4.62. The van der Waals surface area contributed by atoms with Gasteiger partial charge in [-0.05, 0) is 51.2 Å². The summed E-state index contributed by atoms with van der Waals surface area (Å²) in [7, 11) is 1.89. The summed E-state index contributed by atoms with van der Waals surface area (Å²) >= 11 is 7.67. The third-order valence-corrected chi connectivity index (χ3v) is 6.19. The Morgan fingerprint density at radius 3 is 2.89 bits per heavy atom. The predicted molar refractivity (Wildman–Crippen MR) is 111 cm³/mol. The molecule has 5 nitrogen and oxygen atoms in total. The summed E-state index contributed by atoms with van der Waals surface area (Å²) in [5.74, 6) is 0.721. The average Bonchev–Trinajstić information content (AvgIpc) is 3.03. The first kappa shape index (κ1) is 20.0. The van der Waals surface area contributed by atoms with Crippen molar-refractivity contribution in [1.29, 1.82) is 0 Å². The molecule has 2 aromatic rings. The summed E-state index contributed by atoms with van der Waals surface area (Å²) in [5, 5.41) is 12.6. The van der Waals surface area contributed by atoms with Gasteiger partial charge < -0.3 is 9.88 Å². The number of allylic oxidation sites excluding steroid dienone is 1. The van der Waals surface area contributed by atoms with Gasteiger partial charge in [0.05, 0.1) is 10.3 Å². The zero-order chi connectivity index (χ0) is 19.2. The van der Waals surface area contributed by atoms with Crippen LogP contribution in [0.5, 0.6) is 0 Å². The molecule has 0 radical (unpaired) electrons. The van der Waals surface area contributed by atoms with Gasteiger partial charge >= 0.3 is 0 Å². The molecular weight excluding hydrogens is 380 g/mol. The quantitative estimate of drug-likeness (QED) is 0.540. The normalized spacial score (nSPS) is 15.3. The highest BCUT2D eigenvalue weighted by atomic mass is 35.5. The van der Waals surface area contributed by atoms with Crippen LogP contribution in [0.2, 0.25) is 5.02 Å². The Labute approximate surface area is 169 Å². The second-order valence-corrected chi connectivity index (χ2v) is 8.47. The largest absolute Gasteiger partial charge is 0.355 e. The van der Waals surface area contributed by atoms with Crippen molar-refractivity contribution in [1.82, 2.24) is 20.1 Å². The fraction of sp³-hybridized carbons (Fsp3) is 0.450. The Balaban J connectivity index is 1.56. The Morgan fingerprint density at radius 1 is 1.33 bits per heavy atom. The highest BCUT2D eigenvalue weighted by molar-refractivity contribution is 8.00. The number of hydrogen-bond donors (Lipinski definition) is 1. The van der Waals surface area contributed by atoms with E-state index >= 15 is 0 Å². The molecule has 3 rings (SSSR count). The summed E-state index contributed by atoms with van der Waals surface area (Å²) in [5.41, 5.74) is 2.30. The number of nitrogens with zero attached hydrogens (tertiary/aromatic N) is 3. The van der Waals surface area contributed by atoms with Gasteiger partial charge in [0, 0.05) is 19.2 Å². The molecule has 27 heavy (non-hydrogen) atoms. The molecule has 0 aliphatic heterocycles. The van der Waals surface area contributed by atoms with Crippen molar-refractivity contribution in [2.45, 2.75) is 49.4 Å². The van der Waals surface area contributed by atoms with Crippen molar-refractivity contribution in [3.63, 3.8) is 0 Å². The fourth-order valence-corrected chi connectivity index (χ4v) is 4.19. The van der Waals surface area contributed by atoms with Crippen LogP contribution in [-0.4, -0.2) is 32.5 Å². The Kier molecular flexibility index (Phi) is 6.96. The number of benzene rings is 1. The number of aromatic nitrogens is 3. The average molecular weight is 405 g/mol. The van der Waals surface area contributed by atoms with Crippen LogP contribution in [-0.2, 0) is 11.8 Å². The molecule has 1 aromatic carbocycles. The highest BCUT2D eigenvalue weighted by Gasteiger charge is 2.20. The SMILES string of the molecule is CC(Sc1nnc(-c2ccccc2Cl)n1C)C(=O)NCCC1=CCCCC1. The van der Waals surface area contributed by atoms with Gasteiger partial charge in [-0.15, -0.1) is 10.2 Å². The van der Waals surface area contributed by atoms with Crippen molar-refractivity contribution < 1.29 is 4.79 Å². The molecule has 0 spiro atoms. The Morgan fingerprint density at radius 2 is 2.15 bits per heavy atom. The summed E-state index contributed by atoms with van der Waals surface area (Å²) < 4.78 is 1.88. The second kappa shape index (κ2) is 9.42. The van der Waals surface area contributed by atoms with E-state index in [9.17, 15) is 4.79 Å². The highest BCUT2D eigenvalue weighted by Crippen LogP contribution is 2.29. The molecule has 1 N–H and O–H groups in total. The molecule has 1 atom stereocenters. The molecule has 1 aromatic heterocycles. The number of halogens is 1. The van der Waals surface area contributed by atoms with Gasteiger partial charge in [-0.3, -0.25) is 4.79 Å². The van der Waals surface area contributed by atoms with Crippen LogP contribution in [0.15, 0.2) is 41.1 Å². The van der Waals surface area contributed by atoms with E-state index in [1.807, 2.05) is 42.8 Å². The Bertz CT molecular complexity index is 833. The van der Waals surface area contributed by atoms with E-state index in [1.54, 1.807) is 0 Å². The minimum absolute atomic E-state index is 0.0266. The molecule has 1 aliphatic carbocycles. The van der Waals surface area contributed by atoms with Crippen LogP contribution < -0.4 is 5.32 Å². The lowest BCUT2D eigenvalue weighted by Crippen LogP contribution is -2.32. The van der Waals surface area contributed by atoms with Crippen LogP contribution in [0, 0.1) is 0 Å². The van der Waals surface area contributed by atoms with Gasteiger partial charge in [0.15, 0.2) is 11.0 Å². The molecule has 0 bridgehead atoms. The van der Waals surface area contributed by atoms with Gasteiger partial charge in [0.2, 0.25) is 5.91 Å². The van der Waals surface area contributed by atoms with Crippen molar-refractivity contribution in [3.8, 4) is 11.4 Å². The lowest BCUT2D eigenvalue weighted by molar-refractivity contribution is -0.120. The van der Waals surface area contributed by atoms with E-state index < -0.39 is 0 Å². The van der Waals surface area contributed by atoms with Crippen LogP contribution >= 0.6 is 23.4 Å². The van der Waals surface area contributed by atoms with Crippen LogP contribution in [0.1, 0.15) is 39.0 Å². The number of amides is 1. The molecule has 0 fully saturated rings. The maximum absolute atomic E-state index is 12.4. The smallest absolute Gasteiger partial charge is 0.233 e. The minimum Gasteiger partial charge on any atom is -0.355 e. The molecule has 1 amide bonds. The second-order valence-electron chi connectivity index (χ2n) is 6.75. The third kappa shape index (κ3) is 5.14. The first-order chi connectivity index (χ1) is 13.1. The number of thioether (sulfide) groups is 1. The van der Waals surface area contributed by atoms with Gasteiger partial charge in [-0.1, -0.05) is 47.1 Å². The summed E-state index contributed by atoms with van der Waals surface area (Å²) in [6.45, 7) is 2.59. The summed E-state index contributed by atoms with van der Waals surface area (Å²) in [4.78, 5) is 12.4. The topological polar surface area (TPSA) is 59.8 Å². The molecule has 0 saturated heterocycles. The number of carbonyl (C=O) groups excluding carboxylic acids is 1. The molecule has 7 heteroatoms. The van der Waals surface area contributed by atoms with Crippen molar-refractivity contribution in [3.05, 3.63) is 40.9 Å². The zero-order valence-electron chi connectivity index (χ0n) is 15.7. The maximum Gasteiger partial charge on any atom is 0.233 e. The van der Waals surface area contributed by atoms with E-state index in [1.165, 1.54) is 43.0 Å². The van der Waals surface area contributed by atoms with E-state index in [-0.39, 0.29) is 11.2 Å². The van der Waals surface area contributed by atoms with Crippen LogP contribution in [0.25, 0.3) is 11.4 Å². The van der Waals surface area contributed by atoms with Crippen molar-refractivity contribution in [2.75, 3.05) is 6.54 Å². The van der Waals surface area contributed by atoms with Crippen LogP contribution in [0.3, 0.4) is 0 Å². The van der Waals surface area contributed by atoms with Gasteiger partial charge in [-0.25, -0.2) is 0 Å². The molecule has 144 valence electrons. The lowest BCUT2D eigenvalue weighted by atomic mass is 9.97. The van der Waals surface area contributed by atoms with E-state index in [2.05, 4.69) is 21.6 Å². The Hall–Kier alpha value is -1.79. The fourth-order valence-electron chi connectivity index (χ4n) is 3.13. The maximum atomic E-state index is 12.4. The van der Waals surface area contributed by atoms with Gasteiger partial charge in [0.1, 0.15) is 0 Å². The molecule has 1 heterocycles. The minimum atomic E-state index is -0.243. The number of rotatable bonds is 7. The van der Waals surface area contributed by atoms with E-state index in [4.69, 9.17) is 11.6 Å². The molecule has 1 aliphatic rings. The monoisotopic (exact) mass is 404 g/mol. The summed E-state index contributed by atoms with van der Waals surface area (Å²) in [6.07, 6.45) is 8.18. The van der Waals surface area contributed by atoms with Crippen molar-refractivity contribution in [2.24, 2.45) is 7.05 Å². The number of hydrogen-bond acceptors (Lipinski definition) is 4. The first-order valence-electron chi connectivity index (χ1n) is 9.33. The third-order valence-electron chi connectivity index (χ3n) is 4.73. The zero-order valence-corrected chi connectivity index (χ0v) is 17.3. The van der Waals surface area contributed by atoms with Crippen LogP contribution in [0.4, 0.5) is 0 Å². The van der Waals surface area contributed by atoms with E-state index in [0.717, 1.165) is 12.0 Å². The van der Waals surface area contributed by atoms with Gasteiger partial charge in [0.25, 0.3) is 0 Å².